The van der Waals surface area contributed by atoms with Crippen LogP contribution in [0.5, 0.6) is 0 Å². The number of aliphatic hydroxyl groups is 2. The molecule has 0 aliphatic heterocycles. The van der Waals surface area contributed by atoms with Crippen LogP contribution >= 0.6 is 7.82 Å². The van der Waals surface area contributed by atoms with E-state index < -0.39 is 51.8 Å². The van der Waals surface area contributed by atoms with Crippen molar-refractivity contribution < 1.29 is 47.8 Å². The topological polar surface area (TPSA) is 149 Å². The van der Waals surface area contributed by atoms with E-state index in [-0.39, 0.29) is 19.4 Å². The quantitative estimate of drug-likeness (QED) is 0.0234. The Bertz CT molecular complexity index is 993. The number of aliphatic hydroxyl groups excluding tert-OH is 2. The molecule has 3 N–H and O–H groups in total. The van der Waals surface area contributed by atoms with Gasteiger partial charge >= 0.3 is 19.8 Å². The van der Waals surface area contributed by atoms with Crippen LogP contribution in [0, 0.1) is 0 Å². The predicted octanol–water partition coefficient (Wildman–Crippen LogP) is 13.6. The minimum atomic E-state index is -4.62. The van der Waals surface area contributed by atoms with E-state index in [1.807, 2.05) is 0 Å². The lowest BCUT2D eigenvalue weighted by Gasteiger charge is -2.20. The largest absolute Gasteiger partial charge is 0.472 e. The first-order chi connectivity index (χ1) is 28.7. The van der Waals surface area contributed by atoms with Gasteiger partial charge in [0, 0.05) is 12.8 Å². The normalized spacial score (nSPS) is 13.8. The molecule has 0 rings (SSSR count). The molecule has 0 fully saturated rings. The average molecular weight is 861 g/mol. The number of ether oxygens (including phenoxy) is 2. The van der Waals surface area contributed by atoms with Crippen LogP contribution in [-0.2, 0) is 32.7 Å². The summed E-state index contributed by atoms with van der Waals surface area (Å²) in [6.45, 7) is 2.41. The van der Waals surface area contributed by atoms with Crippen molar-refractivity contribution in [1.82, 2.24) is 0 Å². The van der Waals surface area contributed by atoms with Gasteiger partial charge in [0.15, 0.2) is 6.10 Å². The second-order valence-electron chi connectivity index (χ2n) is 16.8. The zero-order valence-corrected chi connectivity index (χ0v) is 39.1. The van der Waals surface area contributed by atoms with Crippen LogP contribution in [0.25, 0.3) is 0 Å². The summed E-state index contributed by atoms with van der Waals surface area (Å²) >= 11 is 0. The Morgan fingerprint density at radius 1 is 0.492 bits per heavy atom. The van der Waals surface area contributed by atoms with Gasteiger partial charge in [-0.2, -0.15) is 0 Å². The number of carbonyl (C=O) groups is 2. The molecule has 0 spiro atoms. The van der Waals surface area contributed by atoms with E-state index in [4.69, 9.17) is 23.6 Å². The number of esters is 2. The zero-order valence-electron chi connectivity index (χ0n) is 38.2. The van der Waals surface area contributed by atoms with Crippen molar-refractivity contribution in [2.45, 2.75) is 257 Å². The van der Waals surface area contributed by atoms with Crippen molar-refractivity contribution in [3.05, 3.63) is 12.2 Å². The van der Waals surface area contributed by atoms with Gasteiger partial charge in [0.2, 0.25) is 0 Å². The standard InChI is InChI=1S/C48H93O10P/c1-3-5-7-9-11-13-15-17-19-20-21-22-23-24-26-27-29-31-33-35-37-39-47(51)55-43-46(44-57-59(53,54)56-42-45(50)41-49)58-48(52)40-38-36-34-32-30-28-25-18-16-14-12-10-8-6-4-2/h18,25,45-46,49-50H,3-17,19-24,26-44H2,1-2H3,(H,53,54)/b25-18+/t45-,46+/m1/s1. The first-order valence-electron chi connectivity index (χ1n) is 24.6. The molecule has 0 bridgehead atoms. The molecule has 3 atom stereocenters. The minimum Gasteiger partial charge on any atom is -0.462 e. The van der Waals surface area contributed by atoms with Gasteiger partial charge in [-0.1, -0.05) is 206 Å². The Morgan fingerprint density at radius 3 is 1.22 bits per heavy atom. The van der Waals surface area contributed by atoms with Crippen LogP contribution in [0.15, 0.2) is 12.2 Å². The smallest absolute Gasteiger partial charge is 0.462 e. The highest BCUT2D eigenvalue weighted by molar-refractivity contribution is 7.47. The summed E-state index contributed by atoms with van der Waals surface area (Å²) in [5.74, 6) is -0.920. The van der Waals surface area contributed by atoms with Crippen molar-refractivity contribution in [3.63, 3.8) is 0 Å². The molecule has 0 aliphatic rings. The van der Waals surface area contributed by atoms with E-state index >= 15 is 0 Å². The molecule has 0 saturated carbocycles. The second kappa shape index (κ2) is 44.8. The van der Waals surface area contributed by atoms with Gasteiger partial charge in [-0.15, -0.1) is 0 Å². The molecule has 0 aromatic rings. The van der Waals surface area contributed by atoms with Gasteiger partial charge < -0.3 is 24.6 Å². The third kappa shape index (κ3) is 44.6. The van der Waals surface area contributed by atoms with Gasteiger partial charge in [-0.25, -0.2) is 4.57 Å². The molecule has 0 aromatic carbocycles. The van der Waals surface area contributed by atoms with Crippen LogP contribution in [0.4, 0.5) is 0 Å². The highest BCUT2D eigenvalue weighted by Crippen LogP contribution is 2.43. The number of hydrogen-bond donors (Lipinski definition) is 3. The Balaban J connectivity index is 4.15. The second-order valence-corrected chi connectivity index (χ2v) is 18.3. The van der Waals surface area contributed by atoms with Crippen LogP contribution in [0.2, 0.25) is 0 Å². The minimum absolute atomic E-state index is 0.179. The lowest BCUT2D eigenvalue weighted by atomic mass is 10.0. The maximum absolute atomic E-state index is 12.6. The third-order valence-corrected chi connectivity index (χ3v) is 11.9. The molecule has 0 aromatic heterocycles. The fraction of sp³-hybridized carbons (Fsp3) is 0.917. The number of hydrogen-bond acceptors (Lipinski definition) is 9. The Kier molecular flexibility index (Phi) is 43.8. The molecule has 0 heterocycles. The number of phosphoric ester groups is 1. The van der Waals surface area contributed by atoms with Crippen molar-refractivity contribution in [2.24, 2.45) is 0 Å². The SMILES string of the molecule is CCCCCCCC/C=C/CCCCCCCC(=O)O[C@@H](COC(=O)CCCCCCCCCCCCCCCCCCCCCCC)COP(=O)(O)OC[C@H](O)CO. The van der Waals surface area contributed by atoms with Gasteiger partial charge in [0.25, 0.3) is 0 Å². The summed E-state index contributed by atoms with van der Waals surface area (Å²) < 4.78 is 32.8. The average Bonchev–Trinajstić information content (AvgIpc) is 3.22. The van der Waals surface area contributed by atoms with E-state index in [1.165, 1.54) is 154 Å². The number of rotatable bonds is 47. The molecule has 0 aliphatic carbocycles. The van der Waals surface area contributed by atoms with E-state index in [0.717, 1.165) is 51.4 Å². The summed E-state index contributed by atoms with van der Waals surface area (Å²) in [6, 6.07) is 0. The number of unbranched alkanes of at least 4 members (excludes halogenated alkanes) is 31. The summed E-state index contributed by atoms with van der Waals surface area (Å²) in [5, 5.41) is 18.4. The maximum Gasteiger partial charge on any atom is 0.472 e. The molecule has 0 amide bonds. The molecular formula is C48H93O10P. The highest BCUT2D eigenvalue weighted by atomic mass is 31.2. The van der Waals surface area contributed by atoms with Gasteiger partial charge in [0.05, 0.1) is 19.8 Å². The fourth-order valence-electron chi connectivity index (χ4n) is 7.11. The summed E-state index contributed by atoms with van der Waals surface area (Å²) in [5.41, 5.74) is 0. The Morgan fingerprint density at radius 2 is 0.831 bits per heavy atom. The van der Waals surface area contributed by atoms with Crippen LogP contribution in [0.3, 0.4) is 0 Å². The van der Waals surface area contributed by atoms with Gasteiger partial charge in [0.1, 0.15) is 12.7 Å². The number of phosphoric acid groups is 1. The molecule has 11 heteroatoms. The highest BCUT2D eigenvalue weighted by Gasteiger charge is 2.27. The van der Waals surface area contributed by atoms with Gasteiger partial charge in [-0.3, -0.25) is 18.6 Å². The van der Waals surface area contributed by atoms with E-state index in [0.29, 0.717) is 12.8 Å². The predicted molar refractivity (Wildman–Crippen MR) is 242 cm³/mol. The van der Waals surface area contributed by atoms with Gasteiger partial charge in [-0.05, 0) is 38.5 Å². The van der Waals surface area contributed by atoms with Crippen molar-refractivity contribution in [3.8, 4) is 0 Å². The summed E-state index contributed by atoms with van der Waals surface area (Å²) in [7, 11) is -4.62. The molecule has 0 saturated heterocycles. The van der Waals surface area contributed by atoms with Crippen molar-refractivity contribution in [2.75, 3.05) is 26.4 Å². The van der Waals surface area contributed by atoms with E-state index in [1.54, 1.807) is 0 Å². The first kappa shape index (κ1) is 57.7. The van der Waals surface area contributed by atoms with Crippen LogP contribution < -0.4 is 0 Å². The monoisotopic (exact) mass is 861 g/mol. The molecule has 0 radical (unpaired) electrons. The van der Waals surface area contributed by atoms with Crippen molar-refractivity contribution in [1.29, 1.82) is 0 Å². The van der Waals surface area contributed by atoms with Crippen LogP contribution in [0.1, 0.15) is 245 Å². The molecule has 10 nitrogen and oxygen atoms in total. The third-order valence-electron chi connectivity index (χ3n) is 10.9. The Labute approximate surface area is 362 Å². The molecule has 350 valence electrons. The molecule has 1 unspecified atom stereocenters. The number of carbonyl (C=O) groups excluding carboxylic acids is 2. The van der Waals surface area contributed by atoms with E-state index in [9.17, 15) is 24.2 Å². The Hall–Kier alpha value is -1.29. The van der Waals surface area contributed by atoms with Crippen molar-refractivity contribution >= 4 is 19.8 Å². The summed E-state index contributed by atoms with van der Waals surface area (Å²) in [6.07, 6.45) is 44.7. The maximum atomic E-state index is 12.6. The fourth-order valence-corrected chi connectivity index (χ4v) is 7.90. The summed E-state index contributed by atoms with van der Waals surface area (Å²) in [4.78, 5) is 35.1. The molecular weight excluding hydrogens is 767 g/mol. The van der Waals surface area contributed by atoms with E-state index in [2.05, 4.69) is 26.0 Å². The number of allylic oxidation sites excluding steroid dienone is 2. The van der Waals surface area contributed by atoms with Crippen LogP contribution in [-0.4, -0.2) is 65.7 Å². The lowest BCUT2D eigenvalue weighted by Crippen LogP contribution is -2.29. The first-order valence-corrected chi connectivity index (χ1v) is 26.1. The lowest BCUT2D eigenvalue weighted by molar-refractivity contribution is -0.161. The zero-order chi connectivity index (χ0) is 43.3. The molecule has 59 heavy (non-hydrogen) atoms.